The van der Waals surface area contributed by atoms with E-state index in [9.17, 15) is 0 Å². The van der Waals surface area contributed by atoms with E-state index in [1.54, 1.807) is 0 Å². The molecule has 3 aromatic carbocycles. The van der Waals surface area contributed by atoms with Gasteiger partial charge in [-0.15, -0.1) is 0 Å². The predicted octanol–water partition coefficient (Wildman–Crippen LogP) is 7.52. The van der Waals surface area contributed by atoms with Gasteiger partial charge in [0.25, 0.3) is 0 Å². The third-order valence-corrected chi connectivity index (χ3v) is 5.73. The van der Waals surface area contributed by atoms with Crippen LogP contribution >= 0.6 is 0 Å². The number of hydrogen-bond acceptors (Lipinski definition) is 0. The van der Waals surface area contributed by atoms with Gasteiger partial charge in [0, 0.05) is 0 Å². The smallest absolute Gasteiger partial charge is 0.000718 e. The molecule has 0 heteroatoms. The average Bonchev–Trinajstić information content (AvgIpc) is 2.98. The zero-order valence-corrected chi connectivity index (χ0v) is 17.5. The highest BCUT2D eigenvalue weighted by Crippen LogP contribution is 2.49. The van der Waals surface area contributed by atoms with Gasteiger partial charge in [-0.1, -0.05) is 96.1 Å². The maximum atomic E-state index is 2.49. The van der Waals surface area contributed by atoms with E-state index in [0.717, 1.165) is 6.42 Å². The van der Waals surface area contributed by atoms with E-state index in [-0.39, 0.29) is 10.8 Å². The van der Waals surface area contributed by atoms with Crippen molar-refractivity contribution in [2.45, 2.75) is 58.8 Å². The summed E-state index contributed by atoms with van der Waals surface area (Å²) in [5.41, 5.74) is 11.8. The van der Waals surface area contributed by atoms with Crippen LogP contribution in [0.3, 0.4) is 0 Å². The number of benzene rings is 3. The van der Waals surface area contributed by atoms with Crippen LogP contribution in [0, 0.1) is 0 Å². The topological polar surface area (TPSA) is 0 Å². The van der Waals surface area contributed by atoms with Crippen molar-refractivity contribution in [1.82, 2.24) is 0 Å². The highest BCUT2D eigenvalue weighted by molar-refractivity contribution is 5.88. The van der Waals surface area contributed by atoms with E-state index in [1.807, 2.05) is 0 Å². The number of rotatable bonds is 1. The summed E-state index contributed by atoms with van der Waals surface area (Å²) in [4.78, 5) is 0. The first-order valence-corrected chi connectivity index (χ1v) is 10.0. The summed E-state index contributed by atoms with van der Waals surface area (Å²) < 4.78 is 0. The first kappa shape index (κ1) is 18.0. The standard InChI is InChI=1S/C27H30/c1-26(2,3)23-17-21-20-15-11-10-14-19(20)16-22(21)24(25(23)27(4,5)6)18-12-8-7-9-13-18/h7-15,17H,16H2,1-6H3. The van der Waals surface area contributed by atoms with Gasteiger partial charge < -0.3 is 0 Å². The second-order valence-electron chi connectivity index (χ2n) is 9.90. The van der Waals surface area contributed by atoms with E-state index < -0.39 is 0 Å². The first-order chi connectivity index (χ1) is 12.7. The van der Waals surface area contributed by atoms with Gasteiger partial charge in [-0.05, 0) is 67.8 Å². The summed E-state index contributed by atoms with van der Waals surface area (Å²) in [6, 6.07) is 22.4. The van der Waals surface area contributed by atoms with Crippen molar-refractivity contribution in [2.75, 3.05) is 0 Å². The summed E-state index contributed by atoms with van der Waals surface area (Å²) >= 11 is 0. The quantitative estimate of drug-likeness (QED) is 0.331. The molecule has 0 saturated carbocycles. The summed E-state index contributed by atoms with van der Waals surface area (Å²) in [7, 11) is 0. The van der Waals surface area contributed by atoms with Gasteiger partial charge in [0.2, 0.25) is 0 Å². The van der Waals surface area contributed by atoms with Gasteiger partial charge in [-0.3, -0.25) is 0 Å². The lowest BCUT2D eigenvalue weighted by Crippen LogP contribution is -2.24. The third-order valence-electron chi connectivity index (χ3n) is 5.73. The van der Waals surface area contributed by atoms with Crippen LogP contribution in [0.25, 0.3) is 22.3 Å². The second kappa shape index (κ2) is 6.09. The molecule has 0 N–H and O–H groups in total. The van der Waals surface area contributed by atoms with Gasteiger partial charge in [0.15, 0.2) is 0 Å². The molecule has 1 aliphatic carbocycles. The molecule has 0 atom stereocenters. The van der Waals surface area contributed by atoms with Crippen LogP contribution in [0.4, 0.5) is 0 Å². The van der Waals surface area contributed by atoms with Crippen molar-refractivity contribution in [1.29, 1.82) is 0 Å². The normalized spacial score (nSPS) is 13.4. The molecule has 0 saturated heterocycles. The molecule has 0 aliphatic heterocycles. The van der Waals surface area contributed by atoms with Crippen LogP contribution in [0.5, 0.6) is 0 Å². The Balaban J connectivity index is 2.16. The Kier molecular flexibility index (Phi) is 4.07. The molecule has 0 radical (unpaired) electrons. The maximum absolute atomic E-state index is 2.49. The van der Waals surface area contributed by atoms with Crippen molar-refractivity contribution in [3.8, 4) is 22.3 Å². The monoisotopic (exact) mass is 354 g/mol. The van der Waals surface area contributed by atoms with Crippen LogP contribution in [-0.4, -0.2) is 0 Å². The molecule has 0 nitrogen and oxygen atoms in total. The Morgan fingerprint density at radius 2 is 1.30 bits per heavy atom. The molecular weight excluding hydrogens is 324 g/mol. The number of fused-ring (bicyclic) bond motifs is 3. The summed E-state index contributed by atoms with van der Waals surface area (Å²) in [5, 5.41) is 0. The minimum Gasteiger partial charge on any atom is -0.0622 e. The van der Waals surface area contributed by atoms with Gasteiger partial charge in [0.1, 0.15) is 0 Å². The molecule has 0 fully saturated rings. The fourth-order valence-electron chi connectivity index (χ4n) is 4.57. The molecule has 0 bridgehead atoms. The van der Waals surface area contributed by atoms with E-state index in [4.69, 9.17) is 0 Å². The third kappa shape index (κ3) is 3.02. The molecule has 138 valence electrons. The molecular formula is C27H30. The minimum absolute atomic E-state index is 0.0809. The molecule has 4 rings (SSSR count). The van der Waals surface area contributed by atoms with Gasteiger partial charge in [-0.25, -0.2) is 0 Å². The average molecular weight is 355 g/mol. The van der Waals surface area contributed by atoms with E-state index >= 15 is 0 Å². The SMILES string of the molecule is CC(C)(C)c1cc2c(c(-c3ccccc3)c1C(C)(C)C)Cc1ccccc1-2. The fourth-order valence-corrected chi connectivity index (χ4v) is 4.57. The van der Waals surface area contributed by atoms with Crippen molar-refractivity contribution in [2.24, 2.45) is 0 Å². The zero-order chi connectivity index (χ0) is 19.4. The summed E-state index contributed by atoms with van der Waals surface area (Å²) in [5.74, 6) is 0. The predicted molar refractivity (Wildman–Crippen MR) is 118 cm³/mol. The maximum Gasteiger partial charge on any atom is -0.000718 e. The van der Waals surface area contributed by atoms with Crippen LogP contribution in [0.2, 0.25) is 0 Å². The fraction of sp³-hybridized carbons (Fsp3) is 0.333. The Morgan fingerprint density at radius 1 is 0.667 bits per heavy atom. The van der Waals surface area contributed by atoms with Gasteiger partial charge >= 0.3 is 0 Å². The molecule has 1 aliphatic rings. The lowest BCUT2D eigenvalue weighted by atomic mass is 9.70. The lowest BCUT2D eigenvalue weighted by molar-refractivity contribution is 0.531. The Hall–Kier alpha value is -2.34. The Bertz CT molecular complexity index is 993. The molecule has 0 heterocycles. The van der Waals surface area contributed by atoms with Gasteiger partial charge in [-0.2, -0.15) is 0 Å². The molecule has 27 heavy (non-hydrogen) atoms. The highest BCUT2D eigenvalue weighted by Gasteiger charge is 2.33. The van der Waals surface area contributed by atoms with Crippen molar-refractivity contribution >= 4 is 0 Å². The van der Waals surface area contributed by atoms with Gasteiger partial charge in [0.05, 0.1) is 0 Å². The van der Waals surface area contributed by atoms with Crippen LogP contribution in [0.15, 0.2) is 60.7 Å². The molecule has 0 aromatic heterocycles. The lowest BCUT2D eigenvalue weighted by Gasteiger charge is -2.34. The first-order valence-electron chi connectivity index (χ1n) is 10.0. The molecule has 0 spiro atoms. The Morgan fingerprint density at radius 3 is 1.93 bits per heavy atom. The van der Waals surface area contributed by atoms with Crippen molar-refractivity contribution in [3.05, 3.63) is 82.9 Å². The van der Waals surface area contributed by atoms with Crippen LogP contribution in [0.1, 0.15) is 63.8 Å². The molecule has 0 unspecified atom stereocenters. The highest BCUT2D eigenvalue weighted by atomic mass is 14.4. The van der Waals surface area contributed by atoms with Crippen molar-refractivity contribution < 1.29 is 0 Å². The summed E-state index contributed by atoms with van der Waals surface area (Å²) in [6.45, 7) is 14.1. The molecule has 0 amide bonds. The molecule has 3 aromatic rings. The van der Waals surface area contributed by atoms with Crippen LogP contribution < -0.4 is 0 Å². The summed E-state index contributed by atoms with van der Waals surface area (Å²) in [6.07, 6.45) is 1.03. The van der Waals surface area contributed by atoms with Crippen molar-refractivity contribution in [3.63, 3.8) is 0 Å². The van der Waals surface area contributed by atoms with E-state index in [2.05, 4.69) is 102 Å². The number of hydrogen-bond donors (Lipinski definition) is 0. The largest absolute Gasteiger partial charge is 0.0622 e. The Labute approximate surface area is 164 Å². The van der Waals surface area contributed by atoms with Crippen LogP contribution in [-0.2, 0) is 17.3 Å². The second-order valence-corrected chi connectivity index (χ2v) is 9.90. The van der Waals surface area contributed by atoms with E-state index in [1.165, 1.54) is 44.5 Å². The minimum atomic E-state index is 0.0809. The zero-order valence-electron chi connectivity index (χ0n) is 17.5. The van der Waals surface area contributed by atoms with E-state index in [0.29, 0.717) is 0 Å².